The first-order chi connectivity index (χ1) is 8.22. The van der Waals surface area contributed by atoms with E-state index in [0.717, 1.165) is 32.6 Å². The van der Waals surface area contributed by atoms with E-state index in [9.17, 15) is 9.59 Å². The van der Waals surface area contributed by atoms with Crippen molar-refractivity contribution in [3.63, 3.8) is 0 Å². The lowest BCUT2D eigenvalue weighted by Gasteiger charge is -2.38. The van der Waals surface area contributed by atoms with Crippen molar-refractivity contribution in [2.75, 3.05) is 53.0 Å². The summed E-state index contributed by atoms with van der Waals surface area (Å²) >= 11 is 0. The van der Waals surface area contributed by atoms with E-state index in [2.05, 4.69) is 4.90 Å². The van der Waals surface area contributed by atoms with Gasteiger partial charge in [0.1, 0.15) is 6.04 Å². The average Bonchev–Trinajstić information content (AvgIpc) is 2.39. The van der Waals surface area contributed by atoms with Crippen LogP contribution in [-0.2, 0) is 14.3 Å². The summed E-state index contributed by atoms with van der Waals surface area (Å²) in [5.74, 6) is 0.0184. The Morgan fingerprint density at radius 2 is 1.94 bits per heavy atom. The van der Waals surface area contributed by atoms with Gasteiger partial charge in [-0.3, -0.25) is 9.59 Å². The molecule has 6 nitrogen and oxygen atoms in total. The van der Waals surface area contributed by atoms with Gasteiger partial charge in [-0.1, -0.05) is 0 Å². The molecule has 2 amide bonds. The summed E-state index contributed by atoms with van der Waals surface area (Å²) in [7, 11) is 2.04. The van der Waals surface area contributed by atoms with Crippen LogP contribution in [0.4, 0.5) is 0 Å². The topological polar surface area (TPSA) is 53.1 Å². The first kappa shape index (κ1) is 12.3. The third-order valence-corrected chi connectivity index (χ3v) is 3.41. The van der Waals surface area contributed by atoms with Gasteiger partial charge >= 0.3 is 0 Å². The molecule has 2 saturated heterocycles. The van der Waals surface area contributed by atoms with Crippen LogP contribution in [0.3, 0.4) is 0 Å². The highest BCUT2D eigenvalue weighted by Crippen LogP contribution is 2.10. The van der Waals surface area contributed by atoms with E-state index in [0.29, 0.717) is 19.8 Å². The highest BCUT2D eigenvalue weighted by atomic mass is 16.5. The first-order valence-corrected chi connectivity index (χ1v) is 5.98. The summed E-state index contributed by atoms with van der Waals surface area (Å²) in [5, 5.41) is 0. The van der Waals surface area contributed by atoms with Gasteiger partial charge < -0.3 is 19.4 Å². The fourth-order valence-electron chi connectivity index (χ4n) is 2.19. The Bertz CT molecular complexity index is 290. The van der Waals surface area contributed by atoms with Gasteiger partial charge in [0.25, 0.3) is 0 Å². The molecule has 1 atom stereocenters. The number of nitrogens with zero attached hydrogens (tertiary/aromatic N) is 3. The molecule has 0 N–H and O–H groups in total. The minimum atomic E-state index is -0.426. The SMILES string of the molecule is CN1CCN(C(=O)C2COCCN2C=O)CC1. The van der Waals surface area contributed by atoms with E-state index in [1.165, 1.54) is 0 Å². The molecule has 17 heavy (non-hydrogen) atoms. The van der Waals surface area contributed by atoms with Crippen LogP contribution in [0.15, 0.2) is 0 Å². The van der Waals surface area contributed by atoms with Crippen LogP contribution in [-0.4, -0.2) is 86.0 Å². The van der Waals surface area contributed by atoms with Crippen molar-refractivity contribution in [2.45, 2.75) is 6.04 Å². The van der Waals surface area contributed by atoms with Gasteiger partial charge in [-0.05, 0) is 7.05 Å². The van der Waals surface area contributed by atoms with E-state index in [4.69, 9.17) is 4.74 Å². The molecular weight excluding hydrogens is 222 g/mol. The van der Waals surface area contributed by atoms with E-state index in [1.54, 1.807) is 4.90 Å². The molecular formula is C11H19N3O3. The molecule has 2 fully saturated rings. The van der Waals surface area contributed by atoms with Gasteiger partial charge in [0.15, 0.2) is 0 Å². The Hall–Kier alpha value is -1.14. The van der Waals surface area contributed by atoms with Gasteiger partial charge in [-0.25, -0.2) is 0 Å². The minimum Gasteiger partial charge on any atom is -0.377 e. The predicted octanol–water partition coefficient (Wildman–Crippen LogP) is -1.38. The van der Waals surface area contributed by atoms with Crippen molar-refractivity contribution >= 4 is 12.3 Å². The summed E-state index contributed by atoms with van der Waals surface area (Å²) < 4.78 is 5.29. The normalized spacial score (nSPS) is 27.0. The molecule has 0 aromatic heterocycles. The molecule has 0 aliphatic carbocycles. The molecule has 0 aromatic carbocycles. The maximum atomic E-state index is 12.3. The molecule has 96 valence electrons. The highest BCUT2D eigenvalue weighted by Gasteiger charge is 2.32. The quantitative estimate of drug-likeness (QED) is 0.559. The van der Waals surface area contributed by atoms with Crippen LogP contribution in [0.2, 0.25) is 0 Å². The third kappa shape index (κ3) is 2.76. The van der Waals surface area contributed by atoms with Gasteiger partial charge in [0.05, 0.1) is 13.2 Å². The zero-order valence-electron chi connectivity index (χ0n) is 10.2. The third-order valence-electron chi connectivity index (χ3n) is 3.41. The van der Waals surface area contributed by atoms with Gasteiger partial charge in [0.2, 0.25) is 12.3 Å². The second kappa shape index (κ2) is 5.46. The van der Waals surface area contributed by atoms with Crippen molar-refractivity contribution in [1.29, 1.82) is 0 Å². The van der Waals surface area contributed by atoms with E-state index in [-0.39, 0.29) is 5.91 Å². The molecule has 0 radical (unpaired) electrons. The average molecular weight is 241 g/mol. The lowest BCUT2D eigenvalue weighted by molar-refractivity contribution is -0.149. The van der Waals surface area contributed by atoms with Gasteiger partial charge in [0, 0.05) is 32.7 Å². The number of morpholine rings is 1. The Morgan fingerprint density at radius 1 is 1.24 bits per heavy atom. The molecule has 0 aromatic rings. The zero-order valence-corrected chi connectivity index (χ0v) is 10.2. The van der Waals surface area contributed by atoms with Crippen LogP contribution in [0.25, 0.3) is 0 Å². The molecule has 6 heteroatoms. The number of piperazine rings is 1. The summed E-state index contributed by atoms with van der Waals surface area (Å²) in [6.07, 6.45) is 0.751. The van der Waals surface area contributed by atoms with E-state index >= 15 is 0 Å². The maximum absolute atomic E-state index is 12.3. The number of hydrogen-bond acceptors (Lipinski definition) is 4. The smallest absolute Gasteiger partial charge is 0.247 e. The van der Waals surface area contributed by atoms with Crippen molar-refractivity contribution in [3.8, 4) is 0 Å². The van der Waals surface area contributed by atoms with Gasteiger partial charge in [-0.2, -0.15) is 0 Å². The maximum Gasteiger partial charge on any atom is 0.247 e. The Labute approximate surface area is 101 Å². The lowest BCUT2D eigenvalue weighted by atomic mass is 10.2. The molecule has 2 rings (SSSR count). The molecule has 0 spiro atoms. The summed E-state index contributed by atoms with van der Waals surface area (Å²) in [5.41, 5.74) is 0. The largest absolute Gasteiger partial charge is 0.377 e. The number of amides is 2. The van der Waals surface area contributed by atoms with Crippen LogP contribution >= 0.6 is 0 Å². The highest BCUT2D eigenvalue weighted by molar-refractivity contribution is 5.84. The number of ether oxygens (including phenoxy) is 1. The summed E-state index contributed by atoms with van der Waals surface area (Å²) in [6.45, 7) is 4.60. The fraction of sp³-hybridized carbons (Fsp3) is 0.818. The second-order valence-electron chi connectivity index (χ2n) is 4.56. The number of carbonyl (C=O) groups is 2. The lowest BCUT2D eigenvalue weighted by Crippen LogP contribution is -2.57. The molecule has 0 bridgehead atoms. The monoisotopic (exact) mass is 241 g/mol. The van der Waals surface area contributed by atoms with E-state index in [1.807, 2.05) is 11.9 Å². The number of carbonyl (C=O) groups excluding carboxylic acids is 2. The standard InChI is InChI=1S/C11H19N3O3/c1-12-2-4-13(5-3-12)11(16)10-8-17-7-6-14(10)9-15/h9-10H,2-8H2,1H3. The Balaban J connectivity index is 1.95. The van der Waals surface area contributed by atoms with Crippen LogP contribution in [0, 0.1) is 0 Å². The Kier molecular flexibility index (Phi) is 3.96. The van der Waals surface area contributed by atoms with Gasteiger partial charge in [-0.15, -0.1) is 0 Å². The predicted molar refractivity (Wildman–Crippen MR) is 61.5 cm³/mol. The molecule has 0 saturated carbocycles. The van der Waals surface area contributed by atoms with E-state index < -0.39 is 6.04 Å². The van der Waals surface area contributed by atoms with Crippen molar-refractivity contribution in [2.24, 2.45) is 0 Å². The molecule has 2 aliphatic rings. The van der Waals surface area contributed by atoms with Crippen LogP contribution in [0.5, 0.6) is 0 Å². The number of rotatable bonds is 2. The first-order valence-electron chi connectivity index (χ1n) is 5.98. The van der Waals surface area contributed by atoms with Crippen molar-refractivity contribution in [3.05, 3.63) is 0 Å². The zero-order chi connectivity index (χ0) is 12.3. The summed E-state index contributed by atoms with van der Waals surface area (Å²) in [4.78, 5) is 28.7. The molecule has 2 heterocycles. The summed E-state index contributed by atoms with van der Waals surface area (Å²) in [6, 6.07) is -0.426. The van der Waals surface area contributed by atoms with Crippen molar-refractivity contribution in [1.82, 2.24) is 14.7 Å². The fourth-order valence-corrected chi connectivity index (χ4v) is 2.19. The number of hydrogen-bond donors (Lipinski definition) is 0. The van der Waals surface area contributed by atoms with Crippen molar-refractivity contribution < 1.29 is 14.3 Å². The van der Waals surface area contributed by atoms with Crippen LogP contribution in [0.1, 0.15) is 0 Å². The number of likely N-dealkylation sites (N-methyl/N-ethyl adjacent to an activating group) is 1. The van der Waals surface area contributed by atoms with Crippen LogP contribution < -0.4 is 0 Å². The molecule has 1 unspecified atom stereocenters. The minimum absolute atomic E-state index is 0.0184. The Morgan fingerprint density at radius 3 is 2.59 bits per heavy atom. The molecule has 2 aliphatic heterocycles. The second-order valence-corrected chi connectivity index (χ2v) is 4.56.